The lowest BCUT2D eigenvalue weighted by Gasteiger charge is -2.39. The molecule has 196 valence electrons. The first kappa shape index (κ1) is 29.8. The Balaban J connectivity index is 3.55. The molecule has 0 aliphatic rings. The summed E-state index contributed by atoms with van der Waals surface area (Å²) in [6.07, 6.45) is -7.60. The van der Waals surface area contributed by atoms with Crippen LogP contribution in [0.1, 0.15) is 27.7 Å². The topological polar surface area (TPSA) is 55.4 Å². The van der Waals surface area contributed by atoms with Crippen LogP contribution < -0.4 is 5.32 Å². The third kappa shape index (κ3) is 4.17. The van der Waals surface area contributed by atoms with E-state index in [2.05, 4.69) is 4.74 Å². The Kier molecular flexibility index (Phi) is 7.66. The number of aryl methyl sites for hydroxylation is 1. The van der Waals surface area contributed by atoms with Crippen LogP contribution in [0.25, 0.3) is 0 Å². The first-order valence-electron chi connectivity index (χ1n) is 8.45. The summed E-state index contributed by atoms with van der Waals surface area (Å²) in [6.45, 7) is 2.64. The van der Waals surface area contributed by atoms with Gasteiger partial charge >= 0.3 is 47.7 Å². The Bertz CT molecular complexity index is 953. The van der Waals surface area contributed by atoms with Crippen molar-refractivity contribution in [1.29, 1.82) is 0 Å². The molecule has 1 aromatic rings. The lowest BCUT2D eigenvalue weighted by atomic mass is 9.93. The van der Waals surface area contributed by atoms with Gasteiger partial charge in [0.1, 0.15) is 5.00 Å². The minimum absolute atomic E-state index is 0.0175. The SMILES string of the molecule is CCc1c(C)sc(NC(=O)C(F)(F)C(F)(F)C(F)(F)C(F)(F)C(F)(F)C(F)(F)F)c1C(=O)OC. The van der Waals surface area contributed by atoms with Gasteiger partial charge in [-0.25, -0.2) is 4.79 Å². The number of alkyl halides is 13. The lowest BCUT2D eigenvalue weighted by Crippen LogP contribution is -2.71. The average molecular weight is 545 g/mol. The number of nitrogens with one attached hydrogen (secondary N) is 1. The third-order valence-electron chi connectivity index (χ3n) is 4.40. The van der Waals surface area contributed by atoms with Crippen molar-refractivity contribution >= 4 is 28.2 Å². The fourth-order valence-corrected chi connectivity index (χ4v) is 3.63. The van der Waals surface area contributed by atoms with Crippen molar-refractivity contribution < 1.29 is 71.4 Å². The van der Waals surface area contributed by atoms with E-state index in [1.54, 1.807) is 0 Å². The van der Waals surface area contributed by atoms with Gasteiger partial charge in [-0.2, -0.15) is 57.1 Å². The van der Waals surface area contributed by atoms with Crippen molar-refractivity contribution in [2.45, 2.75) is 56.1 Å². The smallest absolute Gasteiger partial charge is 0.460 e. The van der Waals surface area contributed by atoms with E-state index in [0.29, 0.717) is 0 Å². The minimum Gasteiger partial charge on any atom is -0.465 e. The van der Waals surface area contributed by atoms with Gasteiger partial charge in [0.15, 0.2) is 0 Å². The molecule has 0 bridgehead atoms. The van der Waals surface area contributed by atoms with E-state index < -0.39 is 58.2 Å². The molecule has 0 spiro atoms. The summed E-state index contributed by atoms with van der Waals surface area (Å²) in [4.78, 5) is 23.6. The number of anilines is 1. The minimum atomic E-state index is -8.13. The summed E-state index contributed by atoms with van der Waals surface area (Å²) >= 11 is 0.270. The van der Waals surface area contributed by atoms with E-state index in [1.807, 2.05) is 0 Å². The van der Waals surface area contributed by atoms with Gasteiger partial charge < -0.3 is 10.1 Å². The zero-order chi connectivity index (χ0) is 27.3. The van der Waals surface area contributed by atoms with Gasteiger partial charge in [0.2, 0.25) is 0 Å². The van der Waals surface area contributed by atoms with Crippen LogP contribution in [0.15, 0.2) is 0 Å². The Morgan fingerprint density at radius 3 is 1.65 bits per heavy atom. The Labute approximate surface area is 185 Å². The van der Waals surface area contributed by atoms with Crippen LogP contribution in [-0.2, 0) is 16.0 Å². The maximum atomic E-state index is 14.0. The molecule has 1 rings (SSSR count). The van der Waals surface area contributed by atoms with E-state index in [9.17, 15) is 66.7 Å². The van der Waals surface area contributed by atoms with Crippen LogP contribution in [0.4, 0.5) is 62.1 Å². The molecule has 1 N–H and O–H groups in total. The molecule has 18 heteroatoms. The number of carbonyl (C=O) groups is 2. The zero-order valence-electron chi connectivity index (χ0n) is 16.8. The number of amides is 1. The second kappa shape index (κ2) is 8.75. The molecular weight excluding hydrogens is 533 g/mol. The standard InChI is InChI=1S/C16H12F13NO3S/c1-4-6-5(2)34-8(7(6)9(31)33-3)30-10(32)11(17,18)12(19,20)13(21,22)14(23,24)15(25,26)16(27,28)29/h4H2,1-3H3,(H,30,32). The predicted molar refractivity (Wildman–Crippen MR) is 89.2 cm³/mol. The maximum Gasteiger partial charge on any atom is 0.460 e. The van der Waals surface area contributed by atoms with E-state index in [-0.39, 0.29) is 28.2 Å². The number of carbonyl (C=O) groups excluding carboxylic acids is 2. The highest BCUT2D eigenvalue weighted by atomic mass is 32.1. The highest BCUT2D eigenvalue weighted by Crippen LogP contribution is 2.60. The average Bonchev–Trinajstić information content (AvgIpc) is 3.00. The number of thiophene rings is 1. The lowest BCUT2D eigenvalue weighted by molar-refractivity contribution is -0.435. The van der Waals surface area contributed by atoms with Gasteiger partial charge in [-0.1, -0.05) is 6.92 Å². The van der Waals surface area contributed by atoms with Crippen LogP contribution in [0.2, 0.25) is 0 Å². The van der Waals surface area contributed by atoms with Crippen LogP contribution >= 0.6 is 11.3 Å². The molecule has 0 aliphatic carbocycles. The van der Waals surface area contributed by atoms with Crippen molar-refractivity contribution in [2.75, 3.05) is 12.4 Å². The largest absolute Gasteiger partial charge is 0.465 e. The van der Waals surface area contributed by atoms with Gasteiger partial charge in [0.25, 0.3) is 0 Å². The van der Waals surface area contributed by atoms with Crippen LogP contribution in [-0.4, -0.2) is 54.8 Å². The number of ether oxygens (including phenoxy) is 1. The third-order valence-corrected chi connectivity index (χ3v) is 5.46. The summed E-state index contributed by atoms with van der Waals surface area (Å²) < 4.78 is 176. The van der Waals surface area contributed by atoms with Crippen LogP contribution in [0.5, 0.6) is 0 Å². The van der Waals surface area contributed by atoms with Gasteiger partial charge in [-0.3, -0.25) is 4.79 Å². The molecule has 0 atom stereocenters. The van der Waals surface area contributed by atoms with E-state index in [0.717, 1.165) is 12.4 Å². The van der Waals surface area contributed by atoms with Crippen molar-refractivity contribution in [2.24, 2.45) is 0 Å². The predicted octanol–water partition coefficient (Wildman–Crippen LogP) is 6.08. The molecule has 0 unspecified atom stereocenters. The zero-order valence-corrected chi connectivity index (χ0v) is 17.6. The van der Waals surface area contributed by atoms with E-state index in [1.165, 1.54) is 13.8 Å². The quantitative estimate of drug-likeness (QED) is 0.318. The molecule has 4 nitrogen and oxygen atoms in total. The van der Waals surface area contributed by atoms with Gasteiger partial charge in [0.05, 0.1) is 12.7 Å². The highest BCUT2D eigenvalue weighted by molar-refractivity contribution is 7.16. The molecule has 0 aliphatic heterocycles. The molecule has 0 saturated heterocycles. The van der Waals surface area contributed by atoms with Gasteiger partial charge in [-0.05, 0) is 18.9 Å². The Morgan fingerprint density at radius 1 is 0.824 bits per heavy atom. The van der Waals surface area contributed by atoms with Crippen LogP contribution in [0.3, 0.4) is 0 Å². The van der Waals surface area contributed by atoms with Gasteiger partial charge in [0, 0.05) is 4.88 Å². The van der Waals surface area contributed by atoms with Crippen molar-refractivity contribution in [3.05, 3.63) is 16.0 Å². The fraction of sp³-hybridized carbons (Fsp3) is 0.625. The molecule has 0 fully saturated rings. The highest BCUT2D eigenvalue weighted by Gasteiger charge is 2.91. The number of hydrogen-bond donors (Lipinski definition) is 1. The number of esters is 1. The monoisotopic (exact) mass is 545 g/mol. The molecule has 0 saturated carbocycles. The second-order valence-corrected chi connectivity index (χ2v) is 7.73. The molecule has 1 heterocycles. The van der Waals surface area contributed by atoms with E-state index >= 15 is 0 Å². The molecule has 1 amide bonds. The number of halogens is 13. The fourth-order valence-electron chi connectivity index (χ4n) is 2.50. The normalized spacial score (nSPS) is 14.2. The van der Waals surface area contributed by atoms with Gasteiger partial charge in [-0.15, -0.1) is 11.3 Å². The summed E-state index contributed by atoms with van der Waals surface area (Å²) in [5.41, 5.74) is -0.676. The summed E-state index contributed by atoms with van der Waals surface area (Å²) in [7, 11) is 0.770. The second-order valence-electron chi connectivity index (χ2n) is 6.51. The first-order valence-corrected chi connectivity index (χ1v) is 9.26. The molecule has 0 aromatic carbocycles. The molecule has 0 radical (unpaired) electrons. The Morgan fingerprint density at radius 2 is 1.26 bits per heavy atom. The summed E-state index contributed by atoms with van der Waals surface area (Å²) in [6, 6.07) is 0. The van der Waals surface area contributed by atoms with Crippen molar-refractivity contribution in [3.63, 3.8) is 0 Å². The Hall–Kier alpha value is -2.27. The van der Waals surface area contributed by atoms with Crippen LogP contribution in [0, 0.1) is 6.92 Å². The van der Waals surface area contributed by atoms with E-state index in [4.69, 9.17) is 0 Å². The maximum absolute atomic E-state index is 14.0. The number of methoxy groups -OCH3 is 1. The summed E-state index contributed by atoms with van der Waals surface area (Å²) in [5, 5.41) is -0.0675. The molecular formula is C16H12F13NO3S. The van der Waals surface area contributed by atoms with Crippen molar-refractivity contribution in [1.82, 2.24) is 0 Å². The number of rotatable bonds is 8. The van der Waals surface area contributed by atoms with Crippen molar-refractivity contribution in [3.8, 4) is 0 Å². The molecule has 1 aromatic heterocycles. The molecule has 34 heavy (non-hydrogen) atoms. The number of hydrogen-bond acceptors (Lipinski definition) is 4. The first-order chi connectivity index (χ1) is 15.0. The summed E-state index contributed by atoms with van der Waals surface area (Å²) in [5.74, 6) is -43.7.